The lowest BCUT2D eigenvalue weighted by molar-refractivity contribution is -0.124. The first-order valence-corrected chi connectivity index (χ1v) is 12.9. The predicted octanol–water partition coefficient (Wildman–Crippen LogP) is 1.68. The molecule has 2 aliphatic rings. The van der Waals surface area contributed by atoms with Crippen molar-refractivity contribution >= 4 is 17.7 Å². The molecule has 10 heteroatoms. The summed E-state index contributed by atoms with van der Waals surface area (Å²) in [6.07, 6.45) is 2.00. The van der Waals surface area contributed by atoms with Crippen LogP contribution >= 0.6 is 0 Å². The Morgan fingerprint density at radius 3 is 2.50 bits per heavy atom. The van der Waals surface area contributed by atoms with E-state index < -0.39 is 6.04 Å². The number of nitrogens with two attached hydrogens (primary N) is 1. The van der Waals surface area contributed by atoms with E-state index in [9.17, 15) is 14.4 Å². The van der Waals surface area contributed by atoms with E-state index in [0.717, 1.165) is 12.8 Å². The second-order valence-electron chi connectivity index (χ2n) is 9.50. The van der Waals surface area contributed by atoms with Crippen LogP contribution in [0.25, 0.3) is 0 Å². The number of carbonyl (C=O) groups excluding carboxylic acids is 3. The number of likely N-dealkylation sites (tertiary alicyclic amines) is 1. The Balaban J connectivity index is 1.63. The summed E-state index contributed by atoms with van der Waals surface area (Å²) in [6, 6.07) is 12.6. The maximum Gasteiger partial charge on any atom is 0.254 e. The number of ether oxygens (including phenoxy) is 3. The third-order valence-electron chi connectivity index (χ3n) is 7.07. The Bertz CT molecular complexity index is 1120. The lowest BCUT2D eigenvalue weighted by atomic mass is 10.1. The summed E-state index contributed by atoms with van der Waals surface area (Å²) in [5.41, 5.74) is 6.52. The monoisotopic (exact) mass is 524 g/mol. The van der Waals surface area contributed by atoms with Gasteiger partial charge in [0.25, 0.3) is 11.8 Å². The molecule has 204 valence electrons. The Morgan fingerprint density at radius 2 is 1.84 bits per heavy atom. The van der Waals surface area contributed by atoms with Crippen LogP contribution in [0.3, 0.4) is 0 Å². The van der Waals surface area contributed by atoms with E-state index in [4.69, 9.17) is 19.9 Å². The molecule has 0 radical (unpaired) electrons. The Labute approximate surface area is 223 Å². The summed E-state index contributed by atoms with van der Waals surface area (Å²) in [5, 5.41) is 2.81. The highest BCUT2D eigenvalue weighted by Gasteiger charge is 2.44. The lowest BCUT2D eigenvalue weighted by Crippen LogP contribution is -2.47. The molecule has 0 bridgehead atoms. The van der Waals surface area contributed by atoms with E-state index in [2.05, 4.69) is 5.32 Å². The van der Waals surface area contributed by atoms with E-state index in [1.54, 1.807) is 65.4 Å². The van der Waals surface area contributed by atoms with Crippen molar-refractivity contribution in [2.75, 3.05) is 47.0 Å². The molecule has 38 heavy (non-hydrogen) atoms. The zero-order chi connectivity index (χ0) is 27.1. The van der Waals surface area contributed by atoms with Gasteiger partial charge in [0, 0.05) is 43.9 Å². The van der Waals surface area contributed by atoms with E-state index in [1.165, 1.54) is 7.11 Å². The van der Waals surface area contributed by atoms with Crippen molar-refractivity contribution in [3.8, 4) is 11.5 Å². The van der Waals surface area contributed by atoms with Crippen LogP contribution in [0.2, 0.25) is 0 Å². The van der Waals surface area contributed by atoms with Crippen LogP contribution in [0, 0.1) is 0 Å². The van der Waals surface area contributed by atoms with Gasteiger partial charge in [-0.2, -0.15) is 0 Å². The average Bonchev–Trinajstić information content (AvgIpc) is 3.64. The van der Waals surface area contributed by atoms with Gasteiger partial charge in [0.15, 0.2) is 0 Å². The molecular weight excluding hydrogens is 488 g/mol. The van der Waals surface area contributed by atoms with Crippen LogP contribution in [0.15, 0.2) is 48.5 Å². The van der Waals surface area contributed by atoms with Gasteiger partial charge in [0.05, 0.1) is 26.4 Å². The topological polar surface area (TPSA) is 123 Å². The van der Waals surface area contributed by atoms with Crippen molar-refractivity contribution in [2.45, 2.75) is 37.5 Å². The minimum atomic E-state index is -0.749. The van der Waals surface area contributed by atoms with Gasteiger partial charge in [-0.05, 0) is 61.7 Å². The Hall–Kier alpha value is -3.63. The van der Waals surface area contributed by atoms with Crippen molar-refractivity contribution in [3.05, 3.63) is 59.7 Å². The summed E-state index contributed by atoms with van der Waals surface area (Å²) in [7, 11) is 3.11. The number of carbonyl (C=O) groups is 3. The Kier molecular flexibility index (Phi) is 9.19. The van der Waals surface area contributed by atoms with Gasteiger partial charge < -0.3 is 35.1 Å². The van der Waals surface area contributed by atoms with Crippen LogP contribution in [0.1, 0.15) is 40.0 Å². The van der Waals surface area contributed by atoms with Crippen LogP contribution in [0.5, 0.6) is 11.5 Å². The molecule has 0 spiro atoms. The first-order valence-electron chi connectivity index (χ1n) is 12.9. The molecule has 2 aliphatic heterocycles. The zero-order valence-electron chi connectivity index (χ0n) is 21.9. The summed E-state index contributed by atoms with van der Waals surface area (Å²) >= 11 is 0. The molecular formula is C28H36N4O6. The molecule has 4 rings (SSSR count). The highest BCUT2D eigenvalue weighted by atomic mass is 16.5. The fourth-order valence-electron chi connectivity index (χ4n) is 5.05. The van der Waals surface area contributed by atoms with E-state index >= 15 is 0 Å². The van der Waals surface area contributed by atoms with Crippen molar-refractivity contribution in [1.29, 1.82) is 0 Å². The van der Waals surface area contributed by atoms with Gasteiger partial charge in [-0.15, -0.1) is 0 Å². The first-order chi connectivity index (χ1) is 18.4. The molecule has 3 unspecified atom stereocenters. The van der Waals surface area contributed by atoms with Crippen LogP contribution in [-0.4, -0.2) is 92.7 Å². The third-order valence-corrected chi connectivity index (χ3v) is 7.07. The van der Waals surface area contributed by atoms with Gasteiger partial charge in [-0.25, -0.2) is 0 Å². The molecule has 3 amide bonds. The maximum absolute atomic E-state index is 13.8. The average molecular weight is 525 g/mol. The molecule has 10 nitrogen and oxygen atoms in total. The maximum atomic E-state index is 13.8. The molecule has 0 aromatic heterocycles. The molecule has 2 saturated heterocycles. The Morgan fingerprint density at radius 1 is 1.08 bits per heavy atom. The highest BCUT2D eigenvalue weighted by molar-refractivity contribution is 5.99. The summed E-state index contributed by atoms with van der Waals surface area (Å²) in [5.74, 6) is 0.437. The SMILES string of the molecule is COc1ccc(C(=O)N(CC2CCCO2)C2CC(C(=O)NCCN)N(C(=O)c3cccc(OC)c3)C2)cc1. The first kappa shape index (κ1) is 27.4. The molecule has 3 atom stereocenters. The van der Waals surface area contributed by atoms with E-state index in [-0.39, 0.29) is 43.0 Å². The minimum Gasteiger partial charge on any atom is -0.497 e. The van der Waals surface area contributed by atoms with Crippen LogP contribution < -0.4 is 20.5 Å². The van der Waals surface area contributed by atoms with Gasteiger partial charge in [-0.3, -0.25) is 14.4 Å². The number of nitrogens with zero attached hydrogens (tertiary/aromatic N) is 2. The summed E-state index contributed by atoms with van der Waals surface area (Å²) in [4.78, 5) is 43.9. The standard InChI is InChI=1S/C28H36N4O6/c1-36-22-10-8-19(9-11-22)27(34)31(18-24-7-4-14-38-24)21-16-25(26(33)30-13-12-29)32(17-21)28(35)20-5-3-6-23(15-20)37-2/h3,5-6,8-11,15,21,24-25H,4,7,12-14,16-18,29H2,1-2H3,(H,30,33). The van der Waals surface area contributed by atoms with Gasteiger partial charge >= 0.3 is 0 Å². The second-order valence-corrected chi connectivity index (χ2v) is 9.50. The quantitative estimate of drug-likeness (QED) is 0.485. The normalized spacial score (nSPS) is 20.7. The molecule has 0 aliphatic carbocycles. The van der Waals surface area contributed by atoms with Crippen LogP contribution in [0.4, 0.5) is 0 Å². The van der Waals surface area contributed by atoms with Gasteiger partial charge in [-0.1, -0.05) is 6.07 Å². The predicted molar refractivity (Wildman–Crippen MR) is 141 cm³/mol. The van der Waals surface area contributed by atoms with Gasteiger partial charge in [0.1, 0.15) is 17.5 Å². The van der Waals surface area contributed by atoms with Crippen molar-refractivity contribution in [1.82, 2.24) is 15.1 Å². The number of methoxy groups -OCH3 is 2. The molecule has 2 fully saturated rings. The van der Waals surface area contributed by atoms with E-state index in [0.29, 0.717) is 48.7 Å². The molecule has 3 N–H and O–H groups in total. The number of benzene rings is 2. The number of nitrogens with one attached hydrogen (secondary N) is 1. The second kappa shape index (κ2) is 12.7. The minimum absolute atomic E-state index is 0.0927. The number of hydrogen-bond acceptors (Lipinski definition) is 7. The smallest absolute Gasteiger partial charge is 0.254 e. The largest absolute Gasteiger partial charge is 0.497 e. The number of rotatable bonds is 10. The van der Waals surface area contributed by atoms with Crippen LogP contribution in [-0.2, 0) is 9.53 Å². The lowest BCUT2D eigenvalue weighted by Gasteiger charge is -2.31. The molecule has 2 aromatic carbocycles. The number of amides is 3. The van der Waals surface area contributed by atoms with Crippen molar-refractivity contribution < 1.29 is 28.6 Å². The summed E-state index contributed by atoms with van der Waals surface area (Å²) in [6.45, 7) is 1.84. The summed E-state index contributed by atoms with van der Waals surface area (Å²) < 4.78 is 16.4. The molecule has 2 heterocycles. The van der Waals surface area contributed by atoms with Gasteiger partial charge in [0.2, 0.25) is 5.91 Å². The highest BCUT2D eigenvalue weighted by Crippen LogP contribution is 2.28. The van der Waals surface area contributed by atoms with Crippen molar-refractivity contribution in [3.63, 3.8) is 0 Å². The van der Waals surface area contributed by atoms with Crippen molar-refractivity contribution in [2.24, 2.45) is 5.73 Å². The molecule has 0 saturated carbocycles. The fraction of sp³-hybridized carbons (Fsp3) is 0.464. The van der Waals surface area contributed by atoms with E-state index in [1.807, 2.05) is 0 Å². The third kappa shape index (κ3) is 6.25. The zero-order valence-corrected chi connectivity index (χ0v) is 21.9. The molecule has 2 aromatic rings. The fourth-order valence-corrected chi connectivity index (χ4v) is 5.05. The number of hydrogen-bond donors (Lipinski definition) is 2.